The lowest BCUT2D eigenvalue weighted by Gasteiger charge is -2.15. The molecule has 0 aliphatic heterocycles. The SMILES string of the molecule is O=c1cc(C(F)(F)F)n2ccnc2n1-c1cc(Oc2ncccn2)c(Cl)cc1F. The molecule has 0 saturated heterocycles. The summed E-state index contributed by atoms with van der Waals surface area (Å²) < 4.78 is 61.0. The normalized spacial score (nSPS) is 11.8. The Balaban J connectivity index is 1.93. The Bertz CT molecular complexity index is 1270. The quantitative estimate of drug-likeness (QED) is 0.466. The number of hydrogen-bond donors (Lipinski definition) is 0. The van der Waals surface area contributed by atoms with Gasteiger partial charge in [-0.1, -0.05) is 11.6 Å². The molecule has 7 nitrogen and oxygen atoms in total. The topological polar surface area (TPSA) is 74.3 Å². The molecule has 0 spiro atoms. The number of alkyl halides is 3. The maximum atomic E-state index is 14.6. The minimum atomic E-state index is -4.81. The van der Waals surface area contributed by atoms with E-state index in [0.717, 1.165) is 24.5 Å². The van der Waals surface area contributed by atoms with Gasteiger partial charge in [-0.3, -0.25) is 9.20 Å². The lowest BCUT2D eigenvalue weighted by Crippen LogP contribution is -2.26. The van der Waals surface area contributed by atoms with Crippen LogP contribution in [0.1, 0.15) is 5.69 Å². The van der Waals surface area contributed by atoms with Crippen molar-refractivity contribution in [1.82, 2.24) is 23.9 Å². The molecule has 0 saturated carbocycles. The molecule has 0 bridgehead atoms. The summed E-state index contributed by atoms with van der Waals surface area (Å²) in [7, 11) is 0. The highest BCUT2D eigenvalue weighted by atomic mass is 35.5. The van der Waals surface area contributed by atoms with E-state index in [2.05, 4.69) is 15.0 Å². The van der Waals surface area contributed by atoms with Crippen LogP contribution in [0.2, 0.25) is 5.02 Å². The van der Waals surface area contributed by atoms with E-state index in [0.29, 0.717) is 15.0 Å². The summed E-state index contributed by atoms with van der Waals surface area (Å²) in [5, 5.41) is -0.155. The zero-order valence-electron chi connectivity index (χ0n) is 14.1. The van der Waals surface area contributed by atoms with Crippen molar-refractivity contribution < 1.29 is 22.3 Å². The highest BCUT2D eigenvalue weighted by Crippen LogP contribution is 2.33. The Morgan fingerprint density at radius 3 is 2.45 bits per heavy atom. The minimum Gasteiger partial charge on any atom is -0.423 e. The van der Waals surface area contributed by atoms with Gasteiger partial charge in [0.25, 0.3) is 5.56 Å². The lowest BCUT2D eigenvalue weighted by atomic mass is 10.2. The summed E-state index contributed by atoms with van der Waals surface area (Å²) in [4.78, 5) is 23.9. The number of benzene rings is 1. The first-order valence-corrected chi connectivity index (χ1v) is 8.24. The van der Waals surface area contributed by atoms with E-state index in [1.807, 2.05) is 0 Å². The maximum Gasteiger partial charge on any atom is 0.432 e. The fraction of sp³-hybridized carbons (Fsp3) is 0.0588. The Labute approximate surface area is 163 Å². The first kappa shape index (κ1) is 18.9. The molecule has 0 aliphatic carbocycles. The van der Waals surface area contributed by atoms with Gasteiger partial charge in [0.1, 0.15) is 11.5 Å². The number of fused-ring (bicyclic) bond motifs is 1. The maximum absolute atomic E-state index is 14.6. The Morgan fingerprint density at radius 1 is 1.03 bits per heavy atom. The fourth-order valence-electron chi connectivity index (χ4n) is 2.65. The first-order chi connectivity index (χ1) is 13.8. The van der Waals surface area contributed by atoms with E-state index >= 15 is 0 Å². The third-order valence-electron chi connectivity index (χ3n) is 3.84. The average Bonchev–Trinajstić information content (AvgIpc) is 3.13. The second-order valence-electron chi connectivity index (χ2n) is 5.67. The first-order valence-electron chi connectivity index (χ1n) is 7.86. The lowest BCUT2D eigenvalue weighted by molar-refractivity contribution is -0.142. The van der Waals surface area contributed by atoms with E-state index in [1.165, 1.54) is 12.4 Å². The van der Waals surface area contributed by atoms with Crippen LogP contribution in [0.15, 0.2) is 53.8 Å². The average molecular weight is 426 g/mol. The van der Waals surface area contributed by atoms with Crippen LogP contribution in [-0.2, 0) is 6.18 Å². The molecule has 29 heavy (non-hydrogen) atoms. The van der Waals surface area contributed by atoms with Gasteiger partial charge in [0, 0.05) is 36.9 Å². The standard InChI is InChI=1S/C17H8ClF4N5O2/c18-9-6-10(19)11(7-12(9)29-15-23-2-1-3-24-15)27-14(28)8-13(17(20,21)22)26-5-4-25-16(26)27/h1-8H. The zero-order chi connectivity index (χ0) is 20.8. The second-order valence-corrected chi connectivity index (χ2v) is 6.07. The van der Waals surface area contributed by atoms with Gasteiger partial charge in [-0.25, -0.2) is 23.9 Å². The van der Waals surface area contributed by atoms with Crippen LogP contribution in [0.25, 0.3) is 11.5 Å². The number of halogens is 5. The Morgan fingerprint density at radius 2 is 1.76 bits per heavy atom. The summed E-state index contributed by atoms with van der Waals surface area (Å²) in [5.41, 5.74) is -2.79. The largest absolute Gasteiger partial charge is 0.432 e. The number of rotatable bonds is 3. The Hall–Kier alpha value is -3.47. The van der Waals surface area contributed by atoms with Gasteiger partial charge >= 0.3 is 12.2 Å². The van der Waals surface area contributed by atoms with Crippen molar-refractivity contribution in [3.63, 3.8) is 0 Å². The molecule has 0 radical (unpaired) electrons. The van der Waals surface area contributed by atoms with Crippen LogP contribution in [0, 0.1) is 5.82 Å². The molecule has 0 fully saturated rings. The molecular formula is C17H8ClF4N5O2. The molecule has 4 rings (SSSR count). The van der Waals surface area contributed by atoms with Gasteiger partial charge in [-0.2, -0.15) is 13.2 Å². The highest BCUT2D eigenvalue weighted by molar-refractivity contribution is 6.32. The third-order valence-corrected chi connectivity index (χ3v) is 4.13. The molecule has 12 heteroatoms. The molecule has 0 atom stereocenters. The minimum absolute atomic E-state index is 0.0994. The summed E-state index contributed by atoms with van der Waals surface area (Å²) in [6.45, 7) is 0. The molecule has 0 unspecified atom stereocenters. The van der Waals surface area contributed by atoms with Gasteiger partial charge in [-0.15, -0.1) is 0 Å². The van der Waals surface area contributed by atoms with Gasteiger partial charge in [0.2, 0.25) is 5.78 Å². The van der Waals surface area contributed by atoms with Crippen LogP contribution in [0.4, 0.5) is 17.6 Å². The van der Waals surface area contributed by atoms with Crippen molar-refractivity contribution in [3.8, 4) is 17.4 Å². The summed E-state index contributed by atoms with van der Waals surface area (Å²) in [6.07, 6.45) is 0.0551. The monoisotopic (exact) mass is 425 g/mol. The number of imidazole rings is 1. The van der Waals surface area contributed by atoms with E-state index in [4.69, 9.17) is 16.3 Å². The van der Waals surface area contributed by atoms with Crippen molar-refractivity contribution >= 4 is 17.4 Å². The predicted molar refractivity (Wildman–Crippen MR) is 92.9 cm³/mol. The molecular weight excluding hydrogens is 418 g/mol. The predicted octanol–water partition coefficient (Wildman–Crippen LogP) is 3.88. The number of aromatic nitrogens is 5. The molecule has 3 heterocycles. The molecule has 0 amide bonds. The van der Waals surface area contributed by atoms with Crippen molar-refractivity contribution in [2.75, 3.05) is 0 Å². The van der Waals surface area contributed by atoms with Crippen LogP contribution in [-0.4, -0.2) is 23.9 Å². The van der Waals surface area contributed by atoms with Gasteiger partial charge in [-0.05, 0) is 12.1 Å². The summed E-state index contributed by atoms with van der Waals surface area (Å²) >= 11 is 5.98. The van der Waals surface area contributed by atoms with Crippen LogP contribution >= 0.6 is 11.6 Å². The van der Waals surface area contributed by atoms with Gasteiger partial charge in [0.15, 0.2) is 5.75 Å². The molecule has 148 valence electrons. The van der Waals surface area contributed by atoms with Crippen molar-refractivity contribution in [1.29, 1.82) is 0 Å². The van der Waals surface area contributed by atoms with Crippen molar-refractivity contribution in [2.24, 2.45) is 0 Å². The molecule has 0 aliphatic rings. The Kier molecular flexibility index (Phi) is 4.46. The fourth-order valence-corrected chi connectivity index (χ4v) is 2.84. The number of hydrogen-bond acceptors (Lipinski definition) is 5. The van der Waals surface area contributed by atoms with E-state index in [-0.39, 0.29) is 16.8 Å². The molecule has 3 aromatic heterocycles. The number of nitrogens with zero attached hydrogens (tertiary/aromatic N) is 5. The van der Waals surface area contributed by atoms with Crippen LogP contribution < -0.4 is 10.3 Å². The number of ether oxygens (including phenoxy) is 1. The second kappa shape index (κ2) is 6.85. The van der Waals surface area contributed by atoms with Gasteiger partial charge in [0.05, 0.1) is 10.7 Å². The third kappa shape index (κ3) is 3.40. The van der Waals surface area contributed by atoms with Gasteiger partial charge < -0.3 is 4.74 Å². The molecule has 4 aromatic rings. The van der Waals surface area contributed by atoms with Crippen LogP contribution in [0.5, 0.6) is 11.8 Å². The van der Waals surface area contributed by atoms with E-state index in [9.17, 15) is 22.4 Å². The van der Waals surface area contributed by atoms with Crippen molar-refractivity contribution in [3.05, 3.63) is 75.9 Å². The zero-order valence-corrected chi connectivity index (χ0v) is 14.8. The summed E-state index contributed by atoms with van der Waals surface area (Å²) in [5.74, 6) is -1.51. The highest BCUT2D eigenvalue weighted by Gasteiger charge is 2.35. The summed E-state index contributed by atoms with van der Waals surface area (Å²) in [6, 6.07) is 3.71. The molecule has 0 N–H and O–H groups in total. The van der Waals surface area contributed by atoms with E-state index < -0.39 is 34.7 Å². The van der Waals surface area contributed by atoms with Crippen molar-refractivity contribution in [2.45, 2.75) is 6.18 Å². The smallest absolute Gasteiger partial charge is 0.423 e. The molecule has 1 aromatic carbocycles. The van der Waals surface area contributed by atoms with E-state index in [1.54, 1.807) is 6.07 Å². The van der Waals surface area contributed by atoms with Crippen LogP contribution in [0.3, 0.4) is 0 Å².